The number of alkyl halides is 1. The maximum Gasteiger partial charge on any atom is 0.128 e. The molecule has 1 aromatic heterocycles. The summed E-state index contributed by atoms with van der Waals surface area (Å²) < 4.78 is 0. The molecule has 3 heteroatoms. The van der Waals surface area contributed by atoms with E-state index in [-0.39, 0.29) is 0 Å². The summed E-state index contributed by atoms with van der Waals surface area (Å²) in [6.45, 7) is 2.13. The largest absolute Gasteiger partial charge is 0.241 e. The van der Waals surface area contributed by atoms with Crippen LogP contribution in [0.4, 0.5) is 0 Å². The van der Waals surface area contributed by atoms with Gasteiger partial charge >= 0.3 is 0 Å². The van der Waals surface area contributed by atoms with Gasteiger partial charge in [0.25, 0.3) is 0 Å². The maximum absolute atomic E-state index is 4.32. The highest BCUT2D eigenvalue weighted by Crippen LogP contribution is 2.02. The van der Waals surface area contributed by atoms with Crippen LogP contribution in [0.25, 0.3) is 0 Å². The van der Waals surface area contributed by atoms with Crippen LogP contribution in [0, 0.1) is 0 Å². The predicted molar refractivity (Wildman–Crippen MR) is 48.7 cm³/mol. The fourth-order valence-corrected chi connectivity index (χ4v) is 1.17. The third-order valence-corrected chi connectivity index (χ3v) is 1.95. The lowest BCUT2D eigenvalue weighted by molar-refractivity contribution is 0.824. The quantitative estimate of drug-likeness (QED) is 0.723. The lowest BCUT2D eigenvalue weighted by Crippen LogP contribution is -1.96. The van der Waals surface area contributed by atoms with Gasteiger partial charge in [0.05, 0.1) is 5.69 Å². The summed E-state index contributed by atoms with van der Waals surface area (Å²) in [6.07, 6.45) is 3.89. The Labute approximate surface area is 75.2 Å². The molecule has 0 aliphatic heterocycles. The highest BCUT2D eigenvalue weighted by molar-refractivity contribution is 9.08. The van der Waals surface area contributed by atoms with Crippen LogP contribution < -0.4 is 0 Å². The molecule has 0 fully saturated rings. The Morgan fingerprint density at radius 2 is 2.36 bits per heavy atom. The standard InChI is InChI=1S/C8H11BrN2/c1-2-3-8-10-5-4-7(6-9)11-8/h4-5H,2-3,6H2,1H3. The van der Waals surface area contributed by atoms with Gasteiger partial charge in [-0.2, -0.15) is 0 Å². The van der Waals surface area contributed by atoms with E-state index in [0.717, 1.165) is 29.7 Å². The summed E-state index contributed by atoms with van der Waals surface area (Å²) in [7, 11) is 0. The molecule has 1 heterocycles. The van der Waals surface area contributed by atoms with Crippen molar-refractivity contribution in [3.63, 3.8) is 0 Å². The number of rotatable bonds is 3. The van der Waals surface area contributed by atoms with Crippen molar-refractivity contribution < 1.29 is 0 Å². The van der Waals surface area contributed by atoms with Crippen LogP contribution in [-0.4, -0.2) is 9.97 Å². The molecule has 0 bridgehead atoms. The fourth-order valence-electron chi connectivity index (χ4n) is 0.860. The summed E-state index contributed by atoms with van der Waals surface area (Å²) in [5.41, 5.74) is 1.06. The molecule has 0 atom stereocenters. The van der Waals surface area contributed by atoms with Crippen LogP contribution in [-0.2, 0) is 11.8 Å². The number of halogens is 1. The Hall–Kier alpha value is -0.440. The maximum atomic E-state index is 4.32. The Morgan fingerprint density at radius 1 is 1.55 bits per heavy atom. The smallest absolute Gasteiger partial charge is 0.128 e. The Morgan fingerprint density at radius 3 is 3.00 bits per heavy atom. The monoisotopic (exact) mass is 214 g/mol. The van der Waals surface area contributed by atoms with Crippen molar-refractivity contribution in [1.29, 1.82) is 0 Å². The van der Waals surface area contributed by atoms with Crippen LogP contribution in [0.15, 0.2) is 12.3 Å². The van der Waals surface area contributed by atoms with E-state index in [4.69, 9.17) is 0 Å². The average molecular weight is 215 g/mol. The van der Waals surface area contributed by atoms with Gasteiger partial charge in [-0.05, 0) is 12.5 Å². The lowest BCUT2D eigenvalue weighted by atomic mass is 10.3. The first-order valence-electron chi connectivity index (χ1n) is 3.73. The second kappa shape index (κ2) is 4.44. The zero-order chi connectivity index (χ0) is 8.10. The SMILES string of the molecule is CCCc1nccc(CBr)n1. The van der Waals surface area contributed by atoms with Gasteiger partial charge in [0.2, 0.25) is 0 Å². The second-order valence-electron chi connectivity index (χ2n) is 2.35. The minimum absolute atomic E-state index is 0.812. The van der Waals surface area contributed by atoms with Crippen LogP contribution in [0.3, 0.4) is 0 Å². The molecule has 0 amide bonds. The first-order chi connectivity index (χ1) is 5.36. The van der Waals surface area contributed by atoms with E-state index in [1.54, 1.807) is 0 Å². The van der Waals surface area contributed by atoms with Gasteiger partial charge in [-0.1, -0.05) is 22.9 Å². The van der Waals surface area contributed by atoms with Gasteiger partial charge < -0.3 is 0 Å². The molecule has 0 radical (unpaired) electrons. The normalized spacial score (nSPS) is 10.0. The summed E-state index contributed by atoms with van der Waals surface area (Å²) in [6, 6.07) is 1.92. The minimum Gasteiger partial charge on any atom is -0.241 e. The average Bonchev–Trinajstić information content (AvgIpc) is 2.06. The van der Waals surface area contributed by atoms with Gasteiger partial charge in [-0.15, -0.1) is 0 Å². The Balaban J connectivity index is 2.74. The fraction of sp³-hybridized carbons (Fsp3) is 0.500. The van der Waals surface area contributed by atoms with E-state index in [2.05, 4.69) is 32.8 Å². The first kappa shape index (κ1) is 8.65. The summed E-state index contributed by atoms with van der Waals surface area (Å²) in [4.78, 5) is 8.47. The third-order valence-electron chi connectivity index (χ3n) is 1.37. The van der Waals surface area contributed by atoms with Crippen molar-refractivity contribution in [3.05, 3.63) is 23.8 Å². The van der Waals surface area contributed by atoms with Crippen molar-refractivity contribution in [1.82, 2.24) is 9.97 Å². The van der Waals surface area contributed by atoms with E-state index < -0.39 is 0 Å². The molecule has 0 unspecified atom stereocenters. The number of aromatic nitrogens is 2. The molecule has 2 nitrogen and oxygen atoms in total. The molecule has 0 aliphatic carbocycles. The molecule has 0 aromatic carbocycles. The highest BCUT2D eigenvalue weighted by atomic mass is 79.9. The van der Waals surface area contributed by atoms with Gasteiger partial charge in [0, 0.05) is 17.9 Å². The summed E-state index contributed by atoms with van der Waals surface area (Å²) >= 11 is 3.35. The van der Waals surface area contributed by atoms with Crippen LogP contribution in [0.2, 0.25) is 0 Å². The third kappa shape index (κ3) is 2.58. The molecule has 0 saturated heterocycles. The zero-order valence-electron chi connectivity index (χ0n) is 6.55. The molecule has 1 rings (SSSR count). The van der Waals surface area contributed by atoms with E-state index in [1.165, 1.54) is 0 Å². The molecule has 0 saturated carbocycles. The molecular formula is C8H11BrN2. The lowest BCUT2D eigenvalue weighted by Gasteiger charge is -1.97. The van der Waals surface area contributed by atoms with Gasteiger partial charge in [-0.3, -0.25) is 0 Å². The molecular weight excluding hydrogens is 204 g/mol. The Bertz CT molecular complexity index is 225. The summed E-state index contributed by atoms with van der Waals surface area (Å²) in [5, 5.41) is 0.812. The highest BCUT2D eigenvalue weighted by Gasteiger charge is 1.95. The second-order valence-corrected chi connectivity index (χ2v) is 2.91. The topological polar surface area (TPSA) is 25.8 Å². The van der Waals surface area contributed by atoms with Crippen LogP contribution in [0.5, 0.6) is 0 Å². The molecule has 1 aromatic rings. The van der Waals surface area contributed by atoms with Crippen molar-refractivity contribution in [2.45, 2.75) is 25.1 Å². The molecule has 60 valence electrons. The van der Waals surface area contributed by atoms with Crippen molar-refractivity contribution >= 4 is 15.9 Å². The number of hydrogen-bond donors (Lipinski definition) is 0. The molecule has 11 heavy (non-hydrogen) atoms. The number of hydrogen-bond acceptors (Lipinski definition) is 2. The van der Waals surface area contributed by atoms with Crippen molar-refractivity contribution in [3.8, 4) is 0 Å². The number of aryl methyl sites for hydroxylation is 1. The minimum atomic E-state index is 0.812. The van der Waals surface area contributed by atoms with Gasteiger partial charge in [-0.25, -0.2) is 9.97 Å². The number of nitrogens with zero attached hydrogens (tertiary/aromatic N) is 2. The van der Waals surface area contributed by atoms with Gasteiger partial charge in [0.1, 0.15) is 5.82 Å². The van der Waals surface area contributed by atoms with E-state index in [9.17, 15) is 0 Å². The van der Waals surface area contributed by atoms with E-state index >= 15 is 0 Å². The molecule has 0 spiro atoms. The van der Waals surface area contributed by atoms with Gasteiger partial charge in [0.15, 0.2) is 0 Å². The zero-order valence-corrected chi connectivity index (χ0v) is 8.13. The molecule has 0 N–H and O–H groups in total. The van der Waals surface area contributed by atoms with E-state index in [0.29, 0.717) is 0 Å². The van der Waals surface area contributed by atoms with Crippen molar-refractivity contribution in [2.24, 2.45) is 0 Å². The summed E-state index contributed by atoms with van der Waals surface area (Å²) in [5.74, 6) is 0.949. The van der Waals surface area contributed by atoms with Crippen LogP contribution in [0.1, 0.15) is 24.9 Å². The van der Waals surface area contributed by atoms with Crippen molar-refractivity contribution in [2.75, 3.05) is 0 Å². The van der Waals surface area contributed by atoms with Crippen LogP contribution >= 0.6 is 15.9 Å². The predicted octanol–water partition coefficient (Wildman–Crippen LogP) is 2.32. The first-order valence-corrected chi connectivity index (χ1v) is 4.85. The van der Waals surface area contributed by atoms with E-state index in [1.807, 2.05) is 12.3 Å². The molecule has 0 aliphatic rings. The Kier molecular flexibility index (Phi) is 3.49.